The first-order valence-corrected chi connectivity index (χ1v) is 10.5. The van der Waals surface area contributed by atoms with Crippen LogP contribution in [0.1, 0.15) is 31.4 Å². The van der Waals surface area contributed by atoms with Crippen LogP contribution in [0, 0.1) is 0 Å². The van der Waals surface area contributed by atoms with Crippen LogP contribution in [0.15, 0.2) is 29.4 Å². The van der Waals surface area contributed by atoms with Crippen molar-refractivity contribution in [3.8, 4) is 0 Å². The van der Waals surface area contributed by atoms with Crippen molar-refractivity contribution >= 4 is 34.2 Å². The summed E-state index contributed by atoms with van der Waals surface area (Å²) < 4.78 is 5.56. The standard InChI is InChI=1S/C22H27N5O/c1-2-4-10-26(9-3-1)19-15-20(27-11-13-28-14-12-27)25-22-18(19)6-8-24-21(22)17-5-7-23-16-17/h5-8,15H,1-4,9-14,16H2. The molecule has 5 heterocycles. The predicted molar refractivity (Wildman–Crippen MR) is 115 cm³/mol. The minimum atomic E-state index is 0.689. The monoisotopic (exact) mass is 377 g/mol. The number of hydrogen-bond acceptors (Lipinski definition) is 6. The molecular formula is C22H27N5O. The van der Waals surface area contributed by atoms with Gasteiger partial charge in [0.1, 0.15) is 11.3 Å². The van der Waals surface area contributed by atoms with Gasteiger partial charge in [0.05, 0.1) is 25.5 Å². The highest BCUT2D eigenvalue weighted by Crippen LogP contribution is 2.35. The average molecular weight is 377 g/mol. The molecule has 0 aromatic carbocycles. The fourth-order valence-corrected chi connectivity index (χ4v) is 4.38. The van der Waals surface area contributed by atoms with Crippen molar-refractivity contribution in [3.05, 3.63) is 30.1 Å². The number of aliphatic imine (C=N–C) groups is 1. The molecule has 2 aromatic rings. The van der Waals surface area contributed by atoms with E-state index in [0.29, 0.717) is 6.54 Å². The number of ether oxygens (including phenoxy) is 1. The maximum absolute atomic E-state index is 5.56. The van der Waals surface area contributed by atoms with Gasteiger partial charge in [-0.2, -0.15) is 0 Å². The summed E-state index contributed by atoms with van der Waals surface area (Å²) in [7, 11) is 0. The van der Waals surface area contributed by atoms with E-state index in [4.69, 9.17) is 14.7 Å². The van der Waals surface area contributed by atoms with Crippen molar-refractivity contribution in [2.24, 2.45) is 4.99 Å². The zero-order valence-corrected chi connectivity index (χ0v) is 16.3. The molecule has 146 valence electrons. The molecule has 2 fully saturated rings. The van der Waals surface area contributed by atoms with E-state index >= 15 is 0 Å². The van der Waals surface area contributed by atoms with Gasteiger partial charge in [-0.05, 0) is 25.0 Å². The van der Waals surface area contributed by atoms with E-state index in [1.807, 2.05) is 12.4 Å². The average Bonchev–Trinajstić information content (AvgIpc) is 3.15. The van der Waals surface area contributed by atoms with Crippen LogP contribution in [0.2, 0.25) is 0 Å². The van der Waals surface area contributed by atoms with Crippen molar-refractivity contribution in [1.29, 1.82) is 0 Å². The van der Waals surface area contributed by atoms with Gasteiger partial charge in [0, 0.05) is 61.3 Å². The topological polar surface area (TPSA) is 53.9 Å². The molecule has 3 aliphatic heterocycles. The normalized spacial score (nSPS) is 20.5. The SMILES string of the molecule is C1=NCC(c2nccc3c(N4CCCCCC4)cc(N4CCOCC4)nc23)=C1. The second-order valence-electron chi connectivity index (χ2n) is 7.74. The number of nitrogens with zero attached hydrogens (tertiary/aromatic N) is 5. The van der Waals surface area contributed by atoms with Crippen LogP contribution < -0.4 is 9.80 Å². The van der Waals surface area contributed by atoms with Crippen molar-refractivity contribution in [2.75, 3.05) is 55.7 Å². The molecule has 6 heteroatoms. The summed E-state index contributed by atoms with van der Waals surface area (Å²) in [5.41, 5.74) is 4.43. The number of pyridine rings is 2. The van der Waals surface area contributed by atoms with E-state index in [-0.39, 0.29) is 0 Å². The van der Waals surface area contributed by atoms with Crippen LogP contribution in [0.3, 0.4) is 0 Å². The molecule has 2 aromatic heterocycles. The molecule has 0 saturated carbocycles. The molecule has 6 nitrogen and oxygen atoms in total. The summed E-state index contributed by atoms with van der Waals surface area (Å²) in [5.74, 6) is 1.05. The molecule has 0 radical (unpaired) electrons. The second kappa shape index (κ2) is 7.87. The van der Waals surface area contributed by atoms with Gasteiger partial charge < -0.3 is 14.5 Å². The fourth-order valence-electron chi connectivity index (χ4n) is 4.38. The highest BCUT2D eigenvalue weighted by Gasteiger charge is 2.21. The first-order chi connectivity index (χ1) is 13.9. The van der Waals surface area contributed by atoms with E-state index in [2.05, 4.69) is 33.0 Å². The van der Waals surface area contributed by atoms with Crippen molar-refractivity contribution in [1.82, 2.24) is 9.97 Å². The minimum Gasteiger partial charge on any atom is -0.378 e. The lowest BCUT2D eigenvalue weighted by atomic mass is 10.1. The Labute approximate surface area is 165 Å². The summed E-state index contributed by atoms with van der Waals surface area (Å²) in [6.07, 6.45) is 11.0. The van der Waals surface area contributed by atoms with Crippen molar-refractivity contribution in [3.63, 3.8) is 0 Å². The third-order valence-corrected chi connectivity index (χ3v) is 5.92. The van der Waals surface area contributed by atoms with Gasteiger partial charge in [0.25, 0.3) is 0 Å². The highest BCUT2D eigenvalue weighted by atomic mass is 16.5. The number of anilines is 2. The maximum Gasteiger partial charge on any atom is 0.131 e. The molecule has 0 spiro atoms. The summed E-state index contributed by atoms with van der Waals surface area (Å²) in [6.45, 7) is 6.22. The predicted octanol–water partition coefficient (Wildman–Crippen LogP) is 3.31. The summed E-state index contributed by atoms with van der Waals surface area (Å²) in [5, 5.41) is 1.21. The molecule has 0 amide bonds. The molecule has 0 aliphatic carbocycles. The third kappa shape index (κ3) is 3.37. The van der Waals surface area contributed by atoms with Crippen LogP contribution in [-0.4, -0.2) is 62.1 Å². The third-order valence-electron chi connectivity index (χ3n) is 5.92. The van der Waals surface area contributed by atoms with Gasteiger partial charge in [0.2, 0.25) is 0 Å². The van der Waals surface area contributed by atoms with Crippen molar-refractivity contribution < 1.29 is 4.74 Å². The maximum atomic E-state index is 5.56. The Morgan fingerprint density at radius 1 is 0.929 bits per heavy atom. The first kappa shape index (κ1) is 17.6. The van der Waals surface area contributed by atoms with Gasteiger partial charge in [-0.3, -0.25) is 9.98 Å². The lowest BCUT2D eigenvalue weighted by Gasteiger charge is -2.31. The van der Waals surface area contributed by atoms with Crippen LogP contribution in [0.4, 0.5) is 11.5 Å². The lowest BCUT2D eigenvalue weighted by molar-refractivity contribution is 0.122. The molecule has 5 rings (SSSR count). The Kier molecular flexibility index (Phi) is 4.95. The lowest BCUT2D eigenvalue weighted by Crippen LogP contribution is -2.37. The summed E-state index contributed by atoms with van der Waals surface area (Å²) >= 11 is 0. The zero-order chi connectivity index (χ0) is 18.8. The van der Waals surface area contributed by atoms with Crippen LogP contribution >= 0.6 is 0 Å². The number of allylic oxidation sites excluding steroid dienone is 1. The van der Waals surface area contributed by atoms with E-state index < -0.39 is 0 Å². The molecule has 0 unspecified atom stereocenters. The zero-order valence-electron chi connectivity index (χ0n) is 16.3. The van der Waals surface area contributed by atoms with E-state index in [1.165, 1.54) is 36.8 Å². The van der Waals surface area contributed by atoms with Gasteiger partial charge in [-0.15, -0.1) is 0 Å². The number of rotatable bonds is 3. The number of fused-ring (bicyclic) bond motifs is 1. The van der Waals surface area contributed by atoms with Gasteiger partial charge >= 0.3 is 0 Å². The van der Waals surface area contributed by atoms with Crippen LogP contribution in [0.25, 0.3) is 16.5 Å². The van der Waals surface area contributed by atoms with Crippen molar-refractivity contribution in [2.45, 2.75) is 25.7 Å². The quantitative estimate of drug-likeness (QED) is 0.821. The van der Waals surface area contributed by atoms with E-state index in [0.717, 1.165) is 62.0 Å². The van der Waals surface area contributed by atoms with Gasteiger partial charge in [0.15, 0.2) is 0 Å². The Morgan fingerprint density at radius 3 is 2.50 bits per heavy atom. The van der Waals surface area contributed by atoms with Gasteiger partial charge in [-0.25, -0.2) is 4.98 Å². The molecule has 0 N–H and O–H groups in total. The Bertz CT molecular complexity index is 909. The Hall–Kier alpha value is -2.47. The fraction of sp³-hybridized carbons (Fsp3) is 0.500. The molecule has 0 atom stereocenters. The van der Waals surface area contributed by atoms with Crippen LogP contribution in [0.5, 0.6) is 0 Å². The minimum absolute atomic E-state index is 0.689. The Balaban J connectivity index is 1.66. The largest absolute Gasteiger partial charge is 0.378 e. The number of hydrogen-bond donors (Lipinski definition) is 0. The Morgan fingerprint density at radius 2 is 1.75 bits per heavy atom. The molecule has 0 bridgehead atoms. The molecular weight excluding hydrogens is 350 g/mol. The molecule has 2 saturated heterocycles. The summed E-state index contributed by atoms with van der Waals surface area (Å²) in [6, 6.07) is 4.42. The van der Waals surface area contributed by atoms with E-state index in [9.17, 15) is 0 Å². The van der Waals surface area contributed by atoms with Gasteiger partial charge in [-0.1, -0.05) is 12.8 Å². The number of aromatic nitrogens is 2. The highest BCUT2D eigenvalue weighted by molar-refractivity contribution is 6.01. The first-order valence-electron chi connectivity index (χ1n) is 10.5. The number of morpholine rings is 1. The summed E-state index contributed by atoms with van der Waals surface area (Å²) in [4.78, 5) is 19.1. The molecule has 28 heavy (non-hydrogen) atoms. The van der Waals surface area contributed by atoms with E-state index in [1.54, 1.807) is 0 Å². The van der Waals surface area contributed by atoms with Crippen LogP contribution in [-0.2, 0) is 4.74 Å². The smallest absolute Gasteiger partial charge is 0.131 e. The second-order valence-corrected chi connectivity index (χ2v) is 7.74. The molecule has 3 aliphatic rings.